The molecule has 3 N–H and O–H groups in total. The largest absolute Gasteiger partial charge is 0.472 e. The third-order valence-corrected chi connectivity index (χ3v) is 19.8. The Morgan fingerprint density at radius 3 is 0.747 bits per heavy atom. The van der Waals surface area contributed by atoms with Gasteiger partial charge < -0.3 is 33.8 Å². The van der Waals surface area contributed by atoms with E-state index in [2.05, 4.69) is 55.4 Å². The maximum absolute atomic E-state index is 13.1. The van der Waals surface area contributed by atoms with E-state index < -0.39 is 97.5 Å². The number of phosphoric acid groups is 2. The highest BCUT2D eigenvalue weighted by molar-refractivity contribution is 7.47. The first-order valence-corrected chi connectivity index (χ1v) is 42.2. The van der Waals surface area contributed by atoms with E-state index in [1.54, 1.807) is 0 Å². The molecule has 0 saturated carbocycles. The van der Waals surface area contributed by atoms with Crippen molar-refractivity contribution in [1.29, 1.82) is 0 Å². The minimum Gasteiger partial charge on any atom is -0.462 e. The van der Waals surface area contributed by atoms with Gasteiger partial charge in [-0.2, -0.15) is 0 Å². The molecule has 0 aliphatic heterocycles. The molecular formula is C76H148O17P2. The molecule has 0 saturated heterocycles. The molecule has 0 aliphatic rings. The maximum Gasteiger partial charge on any atom is 0.472 e. The number of phosphoric ester groups is 2. The Labute approximate surface area is 581 Å². The van der Waals surface area contributed by atoms with Crippen molar-refractivity contribution in [3.63, 3.8) is 0 Å². The Hall–Kier alpha value is -1.94. The first-order chi connectivity index (χ1) is 45.6. The number of carbonyl (C=O) groups excluding carboxylic acids is 4. The van der Waals surface area contributed by atoms with Crippen LogP contribution in [0.1, 0.15) is 383 Å². The quantitative estimate of drug-likeness (QED) is 0.0222. The number of unbranched alkanes of at least 4 members (excludes halogenated alkanes) is 38. The van der Waals surface area contributed by atoms with Crippen LogP contribution in [0.5, 0.6) is 0 Å². The number of aliphatic hydroxyl groups is 1. The van der Waals surface area contributed by atoms with Crippen LogP contribution < -0.4 is 0 Å². The molecule has 17 nitrogen and oxygen atoms in total. The molecule has 0 rings (SSSR count). The molecule has 0 bridgehead atoms. The molecule has 0 fully saturated rings. The summed E-state index contributed by atoms with van der Waals surface area (Å²) in [5, 5.41) is 10.6. The van der Waals surface area contributed by atoms with Crippen LogP contribution in [0.4, 0.5) is 0 Å². The Morgan fingerprint density at radius 2 is 0.505 bits per heavy atom. The summed E-state index contributed by atoms with van der Waals surface area (Å²) in [7, 11) is -9.91. The molecule has 0 heterocycles. The lowest BCUT2D eigenvalue weighted by molar-refractivity contribution is -0.161. The zero-order valence-corrected chi connectivity index (χ0v) is 64.1. The second-order valence-corrected chi connectivity index (χ2v) is 32.0. The van der Waals surface area contributed by atoms with Gasteiger partial charge >= 0.3 is 39.5 Å². The zero-order chi connectivity index (χ0) is 70.3. The van der Waals surface area contributed by atoms with E-state index in [1.807, 2.05) is 0 Å². The fourth-order valence-electron chi connectivity index (χ4n) is 11.5. The summed E-state index contributed by atoms with van der Waals surface area (Å²) >= 11 is 0. The van der Waals surface area contributed by atoms with Crippen molar-refractivity contribution in [3.8, 4) is 0 Å². The normalized spacial score (nSPS) is 14.4. The average molecular weight is 1400 g/mol. The number of esters is 4. The molecule has 3 unspecified atom stereocenters. The molecule has 0 amide bonds. The van der Waals surface area contributed by atoms with Crippen molar-refractivity contribution in [1.82, 2.24) is 0 Å². The number of hydrogen-bond acceptors (Lipinski definition) is 15. The van der Waals surface area contributed by atoms with Crippen LogP contribution in [0.25, 0.3) is 0 Å². The molecule has 0 aliphatic carbocycles. The van der Waals surface area contributed by atoms with Crippen LogP contribution in [0.3, 0.4) is 0 Å². The summed E-state index contributed by atoms with van der Waals surface area (Å²) in [5.41, 5.74) is 0. The van der Waals surface area contributed by atoms with E-state index in [4.69, 9.17) is 37.0 Å². The fraction of sp³-hybridized carbons (Fsp3) is 0.947. The van der Waals surface area contributed by atoms with Gasteiger partial charge in [0, 0.05) is 25.7 Å². The minimum atomic E-state index is -4.96. The van der Waals surface area contributed by atoms with Gasteiger partial charge in [0.1, 0.15) is 19.3 Å². The Balaban J connectivity index is 5.19. The number of hydrogen-bond donors (Lipinski definition) is 3. The van der Waals surface area contributed by atoms with E-state index in [1.165, 1.54) is 180 Å². The first kappa shape index (κ1) is 93.1. The van der Waals surface area contributed by atoms with Crippen molar-refractivity contribution in [2.24, 2.45) is 23.7 Å². The third-order valence-electron chi connectivity index (χ3n) is 17.9. The summed E-state index contributed by atoms with van der Waals surface area (Å²) in [6.07, 6.45) is 50.1. The lowest BCUT2D eigenvalue weighted by atomic mass is 10.00. The summed E-state index contributed by atoms with van der Waals surface area (Å²) in [5.74, 6) is 0.908. The van der Waals surface area contributed by atoms with Gasteiger partial charge in [0.25, 0.3) is 0 Å². The highest BCUT2D eigenvalue weighted by Gasteiger charge is 2.30. The topological polar surface area (TPSA) is 237 Å². The van der Waals surface area contributed by atoms with Crippen molar-refractivity contribution >= 4 is 39.5 Å². The summed E-state index contributed by atoms with van der Waals surface area (Å²) < 4.78 is 68.5. The average Bonchev–Trinajstić information content (AvgIpc) is 1.54. The SMILES string of the molecule is CCC(C)CCCCCCCCC(=O)OC[C@H](COP(=O)(O)OC[C@H](O)COP(=O)(O)OC[C@@H](COC(=O)CCCCCCCCCCCC(C)C)OC(=O)CCCCCCCCCCCC(C)C)OC(=O)CCCCCCCCCCCCCCCCCCCCC(C)C. The molecule has 0 aromatic carbocycles. The van der Waals surface area contributed by atoms with Crippen molar-refractivity contribution in [3.05, 3.63) is 0 Å². The number of aliphatic hydroxyl groups excluding tert-OH is 1. The highest BCUT2D eigenvalue weighted by Crippen LogP contribution is 2.45. The van der Waals surface area contributed by atoms with Crippen LogP contribution in [-0.2, 0) is 65.4 Å². The third kappa shape index (κ3) is 69.0. The summed E-state index contributed by atoms with van der Waals surface area (Å²) in [6.45, 7) is 14.2. The van der Waals surface area contributed by atoms with Gasteiger partial charge in [-0.1, -0.05) is 331 Å². The molecule has 0 aromatic rings. The monoisotopic (exact) mass is 1400 g/mol. The highest BCUT2D eigenvalue weighted by atomic mass is 31.2. The second kappa shape index (κ2) is 65.4. The van der Waals surface area contributed by atoms with E-state index in [0.29, 0.717) is 25.7 Å². The standard InChI is InChI=1S/C76H148O17P2/c1-9-69(8)55-47-39-34-35-41-49-57-74(79)87-63-72(93-75(80)58-50-42-32-25-19-17-15-13-11-10-12-14-16-18-22-28-36-44-52-66(2)3)65-91-95(84,85)89-61-70(77)60-88-94(82,83)90-64-71(92-76(81)59-51-43-33-27-21-24-30-38-46-54-68(6)7)62-86-73(78)56-48-40-31-26-20-23-29-37-45-53-67(4)5/h66-72,77H,9-65H2,1-8H3,(H,82,83)(H,84,85)/t69?,70-,71-,72-/m1/s1. The van der Waals surface area contributed by atoms with Crippen LogP contribution in [0, 0.1) is 23.7 Å². The summed E-state index contributed by atoms with van der Waals surface area (Å²) in [6, 6.07) is 0. The van der Waals surface area contributed by atoms with E-state index in [9.17, 15) is 43.2 Å². The molecule has 564 valence electrons. The first-order valence-electron chi connectivity index (χ1n) is 39.2. The second-order valence-electron chi connectivity index (χ2n) is 29.1. The summed E-state index contributed by atoms with van der Waals surface area (Å²) in [4.78, 5) is 72.8. The molecule has 0 spiro atoms. The van der Waals surface area contributed by atoms with Gasteiger partial charge in [0.2, 0.25) is 0 Å². The van der Waals surface area contributed by atoms with Crippen LogP contribution in [0.15, 0.2) is 0 Å². The predicted molar refractivity (Wildman–Crippen MR) is 386 cm³/mol. The molecule has 0 aromatic heterocycles. The van der Waals surface area contributed by atoms with Gasteiger partial charge in [-0.15, -0.1) is 0 Å². The van der Waals surface area contributed by atoms with E-state index in [0.717, 1.165) is 120 Å². The molecular weight excluding hydrogens is 1250 g/mol. The Morgan fingerprint density at radius 1 is 0.295 bits per heavy atom. The minimum absolute atomic E-state index is 0.104. The fourth-order valence-corrected chi connectivity index (χ4v) is 13.1. The molecule has 95 heavy (non-hydrogen) atoms. The van der Waals surface area contributed by atoms with Crippen LogP contribution in [-0.4, -0.2) is 96.7 Å². The predicted octanol–water partition coefficient (Wildman–Crippen LogP) is 22.0. The Bertz CT molecular complexity index is 1870. The molecule has 0 radical (unpaired) electrons. The lowest BCUT2D eigenvalue weighted by Gasteiger charge is -2.21. The van der Waals surface area contributed by atoms with Crippen molar-refractivity contribution in [2.75, 3.05) is 39.6 Å². The van der Waals surface area contributed by atoms with Gasteiger partial charge in [-0.3, -0.25) is 37.3 Å². The van der Waals surface area contributed by atoms with E-state index in [-0.39, 0.29) is 25.7 Å². The zero-order valence-electron chi connectivity index (χ0n) is 62.3. The van der Waals surface area contributed by atoms with Gasteiger partial charge in [-0.05, 0) is 49.4 Å². The lowest BCUT2D eigenvalue weighted by Crippen LogP contribution is -2.30. The number of rotatable bonds is 73. The van der Waals surface area contributed by atoms with Crippen LogP contribution in [0.2, 0.25) is 0 Å². The van der Waals surface area contributed by atoms with Crippen LogP contribution >= 0.6 is 15.6 Å². The molecule has 6 atom stereocenters. The van der Waals surface area contributed by atoms with E-state index >= 15 is 0 Å². The van der Waals surface area contributed by atoms with Crippen molar-refractivity contribution < 1.29 is 80.2 Å². The van der Waals surface area contributed by atoms with Gasteiger partial charge in [0.05, 0.1) is 26.4 Å². The number of carbonyl (C=O) groups is 4. The smallest absolute Gasteiger partial charge is 0.462 e. The maximum atomic E-state index is 13.1. The van der Waals surface area contributed by atoms with Crippen molar-refractivity contribution in [2.45, 2.75) is 401 Å². The Kier molecular flexibility index (Phi) is 64.0. The number of ether oxygens (including phenoxy) is 4. The van der Waals surface area contributed by atoms with Gasteiger partial charge in [-0.25, -0.2) is 9.13 Å². The molecule has 19 heteroatoms. The van der Waals surface area contributed by atoms with Gasteiger partial charge in [0.15, 0.2) is 12.2 Å².